The van der Waals surface area contributed by atoms with Gasteiger partial charge in [-0.3, -0.25) is 4.79 Å². The predicted octanol–water partition coefficient (Wildman–Crippen LogP) is 3.21. The molecule has 6 heteroatoms. The van der Waals surface area contributed by atoms with Gasteiger partial charge in [0.2, 0.25) is 10.0 Å². The fourth-order valence-corrected chi connectivity index (χ4v) is 3.23. The third-order valence-electron chi connectivity index (χ3n) is 4.13. The molecule has 2 aromatic rings. The van der Waals surface area contributed by atoms with Gasteiger partial charge >= 0.3 is 0 Å². The lowest BCUT2D eigenvalue weighted by Gasteiger charge is -2.16. The van der Waals surface area contributed by atoms with Gasteiger partial charge in [0.05, 0.1) is 10.9 Å². The molecule has 0 aromatic heterocycles. The van der Waals surface area contributed by atoms with Crippen LogP contribution in [0.2, 0.25) is 0 Å². The molecule has 2 aromatic carbocycles. The molecule has 0 aliphatic rings. The van der Waals surface area contributed by atoms with Crippen molar-refractivity contribution < 1.29 is 13.2 Å². The molecule has 1 amide bonds. The van der Waals surface area contributed by atoms with Crippen LogP contribution in [0.1, 0.15) is 54.2 Å². The van der Waals surface area contributed by atoms with Gasteiger partial charge in [0.1, 0.15) is 0 Å². The summed E-state index contributed by atoms with van der Waals surface area (Å²) in [7, 11) is -2.24. The van der Waals surface area contributed by atoms with Gasteiger partial charge in [-0.1, -0.05) is 44.2 Å². The van der Waals surface area contributed by atoms with Crippen LogP contribution in [0.3, 0.4) is 0 Å². The molecule has 0 saturated heterocycles. The van der Waals surface area contributed by atoms with E-state index < -0.39 is 10.0 Å². The van der Waals surface area contributed by atoms with E-state index in [-0.39, 0.29) is 16.8 Å². The quantitative estimate of drug-likeness (QED) is 0.830. The van der Waals surface area contributed by atoms with Crippen molar-refractivity contribution in [1.29, 1.82) is 0 Å². The van der Waals surface area contributed by atoms with Gasteiger partial charge in [0, 0.05) is 5.56 Å². The van der Waals surface area contributed by atoms with Crippen molar-refractivity contribution in [3.63, 3.8) is 0 Å². The number of rotatable bonds is 6. The average molecular weight is 360 g/mol. The van der Waals surface area contributed by atoms with E-state index in [1.807, 2.05) is 19.1 Å². The van der Waals surface area contributed by atoms with E-state index in [1.54, 1.807) is 12.1 Å². The average Bonchev–Trinajstić information content (AvgIpc) is 2.61. The SMILES string of the molecule is CNS(=O)(=O)c1cccc(C(=O)N[C@H](C)c2ccc(C(C)C)cc2)c1. The van der Waals surface area contributed by atoms with Crippen LogP contribution in [-0.2, 0) is 10.0 Å². The predicted molar refractivity (Wildman–Crippen MR) is 99.1 cm³/mol. The zero-order valence-electron chi connectivity index (χ0n) is 14.9. The van der Waals surface area contributed by atoms with Crippen molar-refractivity contribution in [1.82, 2.24) is 10.0 Å². The number of sulfonamides is 1. The molecular formula is C19H24N2O3S. The minimum atomic E-state index is -3.58. The Kier molecular flexibility index (Phi) is 5.98. The Morgan fingerprint density at radius 2 is 1.56 bits per heavy atom. The van der Waals surface area contributed by atoms with E-state index in [0.29, 0.717) is 11.5 Å². The standard InChI is InChI=1S/C19H24N2O3S/c1-13(2)15-8-10-16(11-9-15)14(3)21-19(22)17-6-5-7-18(12-17)25(23,24)20-4/h5-14,20H,1-4H3,(H,21,22)/t14-/m1/s1. The minimum absolute atomic E-state index is 0.0663. The molecule has 2 rings (SSSR count). The van der Waals surface area contributed by atoms with Crippen LogP contribution in [-0.4, -0.2) is 21.4 Å². The highest BCUT2D eigenvalue weighted by Gasteiger charge is 2.16. The van der Waals surface area contributed by atoms with E-state index >= 15 is 0 Å². The molecule has 0 bridgehead atoms. The summed E-state index contributed by atoms with van der Waals surface area (Å²) in [6, 6.07) is 13.9. The molecule has 2 N–H and O–H groups in total. The summed E-state index contributed by atoms with van der Waals surface area (Å²) >= 11 is 0. The van der Waals surface area contributed by atoms with Crippen LogP contribution < -0.4 is 10.0 Å². The highest BCUT2D eigenvalue weighted by atomic mass is 32.2. The molecular weight excluding hydrogens is 336 g/mol. The molecule has 0 spiro atoms. The monoisotopic (exact) mass is 360 g/mol. The molecule has 5 nitrogen and oxygen atoms in total. The largest absolute Gasteiger partial charge is 0.346 e. The number of carbonyl (C=O) groups excluding carboxylic acids is 1. The third-order valence-corrected chi connectivity index (χ3v) is 5.54. The Hall–Kier alpha value is -2.18. The van der Waals surface area contributed by atoms with E-state index in [0.717, 1.165) is 5.56 Å². The first-order valence-electron chi connectivity index (χ1n) is 8.19. The number of amides is 1. The summed E-state index contributed by atoms with van der Waals surface area (Å²) in [6.45, 7) is 6.16. The Morgan fingerprint density at radius 1 is 0.960 bits per heavy atom. The normalized spacial score (nSPS) is 12.8. The van der Waals surface area contributed by atoms with E-state index in [1.165, 1.54) is 24.7 Å². The Labute approximate surface area is 149 Å². The fraction of sp³-hybridized carbons (Fsp3) is 0.316. The molecule has 134 valence electrons. The molecule has 0 aliphatic carbocycles. The summed E-state index contributed by atoms with van der Waals surface area (Å²) < 4.78 is 26.0. The van der Waals surface area contributed by atoms with Gasteiger partial charge in [-0.25, -0.2) is 13.1 Å². The highest BCUT2D eigenvalue weighted by molar-refractivity contribution is 7.89. The maximum atomic E-state index is 12.4. The van der Waals surface area contributed by atoms with Crippen LogP contribution in [0.25, 0.3) is 0 Å². The molecule has 0 fully saturated rings. The molecule has 0 saturated carbocycles. The second-order valence-corrected chi connectivity index (χ2v) is 8.14. The van der Waals surface area contributed by atoms with Gasteiger partial charge in [0.15, 0.2) is 0 Å². The fourth-order valence-electron chi connectivity index (χ4n) is 2.46. The van der Waals surface area contributed by atoms with Crippen molar-refractivity contribution >= 4 is 15.9 Å². The van der Waals surface area contributed by atoms with Crippen molar-refractivity contribution in [3.8, 4) is 0 Å². The number of nitrogens with one attached hydrogen (secondary N) is 2. The van der Waals surface area contributed by atoms with Crippen LogP contribution in [0.15, 0.2) is 53.4 Å². The molecule has 0 heterocycles. The summed E-state index contributed by atoms with van der Waals surface area (Å²) in [5.41, 5.74) is 2.55. The zero-order chi connectivity index (χ0) is 18.6. The van der Waals surface area contributed by atoms with Crippen LogP contribution >= 0.6 is 0 Å². The van der Waals surface area contributed by atoms with Crippen molar-refractivity contribution in [3.05, 3.63) is 65.2 Å². The van der Waals surface area contributed by atoms with Crippen molar-refractivity contribution in [2.75, 3.05) is 7.05 Å². The van der Waals surface area contributed by atoms with Gasteiger partial charge < -0.3 is 5.32 Å². The number of benzene rings is 2. The maximum Gasteiger partial charge on any atom is 0.251 e. The zero-order valence-corrected chi connectivity index (χ0v) is 15.7. The smallest absolute Gasteiger partial charge is 0.251 e. The van der Waals surface area contributed by atoms with Crippen molar-refractivity contribution in [2.24, 2.45) is 0 Å². The number of hydrogen-bond donors (Lipinski definition) is 2. The topological polar surface area (TPSA) is 75.3 Å². The van der Waals surface area contributed by atoms with Crippen LogP contribution in [0.4, 0.5) is 0 Å². The van der Waals surface area contributed by atoms with Gasteiger partial charge in [-0.2, -0.15) is 0 Å². The summed E-state index contributed by atoms with van der Waals surface area (Å²) in [5, 5.41) is 2.90. The van der Waals surface area contributed by atoms with E-state index in [4.69, 9.17) is 0 Å². The Balaban J connectivity index is 2.15. The minimum Gasteiger partial charge on any atom is -0.346 e. The summed E-state index contributed by atoms with van der Waals surface area (Å²) in [5.74, 6) is 0.143. The number of hydrogen-bond acceptors (Lipinski definition) is 3. The highest BCUT2D eigenvalue weighted by Crippen LogP contribution is 2.19. The Morgan fingerprint density at radius 3 is 2.12 bits per heavy atom. The first kappa shape index (κ1) is 19.1. The van der Waals surface area contributed by atoms with Crippen LogP contribution in [0.5, 0.6) is 0 Å². The van der Waals surface area contributed by atoms with Gasteiger partial charge in [-0.05, 0) is 49.2 Å². The lowest BCUT2D eigenvalue weighted by Crippen LogP contribution is -2.27. The maximum absolute atomic E-state index is 12.4. The summed E-state index contributed by atoms with van der Waals surface area (Å²) in [4.78, 5) is 12.5. The van der Waals surface area contributed by atoms with Crippen LogP contribution in [0, 0.1) is 0 Å². The van der Waals surface area contributed by atoms with E-state index in [2.05, 4.69) is 36.0 Å². The lowest BCUT2D eigenvalue weighted by atomic mass is 9.99. The van der Waals surface area contributed by atoms with Crippen molar-refractivity contribution in [2.45, 2.75) is 37.6 Å². The third kappa shape index (κ3) is 4.67. The molecule has 0 aliphatic heterocycles. The molecule has 0 radical (unpaired) electrons. The van der Waals surface area contributed by atoms with E-state index in [9.17, 15) is 13.2 Å². The second kappa shape index (κ2) is 7.80. The number of carbonyl (C=O) groups is 1. The lowest BCUT2D eigenvalue weighted by molar-refractivity contribution is 0.0939. The summed E-state index contributed by atoms with van der Waals surface area (Å²) in [6.07, 6.45) is 0. The molecule has 25 heavy (non-hydrogen) atoms. The molecule has 1 atom stereocenters. The first-order chi connectivity index (χ1) is 11.7. The first-order valence-corrected chi connectivity index (χ1v) is 9.67. The molecule has 0 unspecified atom stereocenters. The Bertz CT molecular complexity index is 843. The van der Waals surface area contributed by atoms with Gasteiger partial charge in [-0.15, -0.1) is 0 Å². The van der Waals surface area contributed by atoms with Gasteiger partial charge in [0.25, 0.3) is 5.91 Å². The second-order valence-electron chi connectivity index (χ2n) is 6.25.